The van der Waals surface area contributed by atoms with E-state index >= 15 is 0 Å². The Labute approximate surface area is 106 Å². The van der Waals surface area contributed by atoms with E-state index in [0.717, 1.165) is 12.2 Å². The molecule has 1 amide bonds. The van der Waals surface area contributed by atoms with Gasteiger partial charge in [0.25, 0.3) is 5.91 Å². The molecule has 0 spiro atoms. The Balaban J connectivity index is 2.10. The molecule has 0 saturated heterocycles. The Kier molecular flexibility index (Phi) is 4.04. The van der Waals surface area contributed by atoms with Crippen molar-refractivity contribution in [1.29, 1.82) is 0 Å². The fourth-order valence-electron chi connectivity index (χ4n) is 1.78. The molecule has 18 heavy (non-hydrogen) atoms. The lowest BCUT2D eigenvalue weighted by atomic mass is 10.1. The summed E-state index contributed by atoms with van der Waals surface area (Å²) in [4.78, 5) is 12.0. The van der Waals surface area contributed by atoms with Gasteiger partial charge in [-0.15, -0.1) is 0 Å². The normalized spacial score (nSPS) is 15.0. The Bertz CT molecular complexity index is 434. The zero-order valence-corrected chi connectivity index (χ0v) is 10.4. The average molecular weight is 250 g/mol. The van der Waals surface area contributed by atoms with Crippen LogP contribution in [-0.4, -0.2) is 37.3 Å². The Morgan fingerprint density at radius 3 is 3.22 bits per heavy atom. The van der Waals surface area contributed by atoms with Gasteiger partial charge in [0.1, 0.15) is 6.61 Å². The summed E-state index contributed by atoms with van der Waals surface area (Å²) < 4.78 is 5.54. The van der Waals surface area contributed by atoms with Crippen molar-refractivity contribution in [2.45, 2.75) is 6.92 Å². The van der Waals surface area contributed by atoms with Crippen molar-refractivity contribution < 1.29 is 14.6 Å². The third-order valence-corrected chi connectivity index (χ3v) is 2.85. The summed E-state index contributed by atoms with van der Waals surface area (Å²) in [6.07, 6.45) is 0. The monoisotopic (exact) mass is 250 g/mol. The molecule has 0 aromatic heterocycles. The predicted molar refractivity (Wildman–Crippen MR) is 69.0 cm³/mol. The summed E-state index contributed by atoms with van der Waals surface area (Å²) in [5.74, 6) is 0.487. The topological polar surface area (TPSA) is 70.6 Å². The average Bonchev–Trinajstić information content (AvgIpc) is 2.43. The van der Waals surface area contributed by atoms with Crippen LogP contribution >= 0.6 is 0 Å². The SMILES string of the molecule is CC(CO)CNC(=O)c1cccc2c1OCCN2. The van der Waals surface area contributed by atoms with Crippen LogP contribution < -0.4 is 15.4 Å². The smallest absolute Gasteiger partial charge is 0.255 e. The van der Waals surface area contributed by atoms with Crippen LogP contribution in [0.15, 0.2) is 18.2 Å². The zero-order chi connectivity index (χ0) is 13.0. The number of para-hydroxylation sites is 1. The summed E-state index contributed by atoms with van der Waals surface area (Å²) in [7, 11) is 0. The predicted octanol–water partition coefficient (Wildman–Crippen LogP) is 0.849. The van der Waals surface area contributed by atoms with Gasteiger partial charge in [-0.25, -0.2) is 0 Å². The number of aliphatic hydroxyl groups excluding tert-OH is 1. The van der Waals surface area contributed by atoms with Gasteiger partial charge in [0.05, 0.1) is 11.3 Å². The van der Waals surface area contributed by atoms with E-state index in [1.165, 1.54) is 0 Å². The van der Waals surface area contributed by atoms with Crippen molar-refractivity contribution in [3.8, 4) is 5.75 Å². The van der Waals surface area contributed by atoms with Gasteiger partial charge in [-0.2, -0.15) is 0 Å². The van der Waals surface area contributed by atoms with Crippen LogP contribution in [0.3, 0.4) is 0 Å². The summed E-state index contributed by atoms with van der Waals surface area (Å²) in [6.45, 7) is 3.69. The highest BCUT2D eigenvalue weighted by molar-refractivity contribution is 5.98. The fraction of sp³-hybridized carbons (Fsp3) is 0.462. The molecule has 0 fully saturated rings. The van der Waals surface area contributed by atoms with Crippen molar-refractivity contribution >= 4 is 11.6 Å². The molecule has 0 aliphatic carbocycles. The lowest BCUT2D eigenvalue weighted by molar-refractivity contribution is 0.0938. The number of nitrogens with one attached hydrogen (secondary N) is 2. The van der Waals surface area contributed by atoms with Crippen LogP contribution in [0.4, 0.5) is 5.69 Å². The highest BCUT2D eigenvalue weighted by atomic mass is 16.5. The molecule has 1 aromatic carbocycles. The molecule has 5 heteroatoms. The molecule has 0 bridgehead atoms. The van der Waals surface area contributed by atoms with Crippen LogP contribution in [0.1, 0.15) is 17.3 Å². The van der Waals surface area contributed by atoms with E-state index in [0.29, 0.717) is 24.5 Å². The number of amides is 1. The molecular formula is C13H18N2O3. The first-order valence-electron chi connectivity index (χ1n) is 6.11. The van der Waals surface area contributed by atoms with E-state index in [4.69, 9.17) is 9.84 Å². The third kappa shape index (κ3) is 2.73. The van der Waals surface area contributed by atoms with E-state index in [-0.39, 0.29) is 18.4 Å². The summed E-state index contributed by atoms with van der Waals surface area (Å²) >= 11 is 0. The minimum Gasteiger partial charge on any atom is -0.489 e. The second-order valence-electron chi connectivity index (χ2n) is 4.46. The van der Waals surface area contributed by atoms with E-state index in [2.05, 4.69) is 10.6 Å². The quantitative estimate of drug-likeness (QED) is 0.741. The number of rotatable bonds is 4. The van der Waals surface area contributed by atoms with Crippen molar-refractivity contribution in [1.82, 2.24) is 5.32 Å². The van der Waals surface area contributed by atoms with Crippen LogP contribution in [0.5, 0.6) is 5.75 Å². The number of benzene rings is 1. The minimum atomic E-state index is -0.171. The fourth-order valence-corrected chi connectivity index (χ4v) is 1.78. The number of carbonyl (C=O) groups excluding carboxylic acids is 1. The maximum absolute atomic E-state index is 12.0. The first-order chi connectivity index (χ1) is 8.72. The Morgan fingerprint density at radius 1 is 1.61 bits per heavy atom. The lowest BCUT2D eigenvalue weighted by Gasteiger charge is -2.21. The molecule has 0 radical (unpaired) electrons. The molecule has 5 nitrogen and oxygen atoms in total. The number of hydrogen-bond acceptors (Lipinski definition) is 4. The molecule has 1 aliphatic rings. The van der Waals surface area contributed by atoms with E-state index in [1.807, 2.05) is 19.1 Å². The van der Waals surface area contributed by atoms with Crippen molar-refractivity contribution in [3.63, 3.8) is 0 Å². The van der Waals surface area contributed by atoms with E-state index < -0.39 is 0 Å². The zero-order valence-electron chi connectivity index (χ0n) is 10.4. The molecule has 0 saturated carbocycles. The number of carbonyl (C=O) groups is 1. The standard InChI is InChI=1S/C13H18N2O3/c1-9(8-16)7-15-13(17)10-3-2-4-11-12(10)18-6-5-14-11/h2-4,9,14,16H,5-8H2,1H3,(H,15,17). The summed E-state index contributed by atoms with van der Waals surface area (Å²) in [5.41, 5.74) is 1.38. The van der Waals surface area contributed by atoms with Gasteiger partial charge in [0.2, 0.25) is 0 Å². The highest BCUT2D eigenvalue weighted by Gasteiger charge is 2.18. The number of anilines is 1. The molecule has 2 rings (SSSR count). The van der Waals surface area contributed by atoms with E-state index in [9.17, 15) is 4.79 Å². The highest BCUT2D eigenvalue weighted by Crippen LogP contribution is 2.30. The maximum Gasteiger partial charge on any atom is 0.255 e. The van der Waals surface area contributed by atoms with Gasteiger partial charge in [0, 0.05) is 19.7 Å². The van der Waals surface area contributed by atoms with Gasteiger partial charge in [0.15, 0.2) is 5.75 Å². The van der Waals surface area contributed by atoms with Gasteiger partial charge in [-0.1, -0.05) is 13.0 Å². The lowest BCUT2D eigenvalue weighted by Crippen LogP contribution is -2.30. The molecule has 1 heterocycles. The molecule has 1 atom stereocenters. The molecule has 98 valence electrons. The van der Waals surface area contributed by atoms with Crippen LogP contribution in [0.25, 0.3) is 0 Å². The summed E-state index contributed by atoms with van der Waals surface area (Å²) in [6, 6.07) is 5.46. The second-order valence-corrected chi connectivity index (χ2v) is 4.46. The molecule has 3 N–H and O–H groups in total. The Hall–Kier alpha value is -1.75. The molecule has 1 unspecified atom stereocenters. The van der Waals surface area contributed by atoms with Gasteiger partial charge < -0.3 is 20.5 Å². The Morgan fingerprint density at radius 2 is 2.44 bits per heavy atom. The number of fused-ring (bicyclic) bond motifs is 1. The maximum atomic E-state index is 12.0. The van der Waals surface area contributed by atoms with Crippen molar-refractivity contribution in [2.75, 3.05) is 31.6 Å². The van der Waals surface area contributed by atoms with Crippen LogP contribution in [0, 0.1) is 5.92 Å². The number of aliphatic hydroxyl groups is 1. The number of ether oxygens (including phenoxy) is 1. The van der Waals surface area contributed by atoms with Crippen LogP contribution in [-0.2, 0) is 0 Å². The first-order valence-corrected chi connectivity index (χ1v) is 6.11. The van der Waals surface area contributed by atoms with Crippen molar-refractivity contribution in [2.24, 2.45) is 5.92 Å². The minimum absolute atomic E-state index is 0.0486. The van der Waals surface area contributed by atoms with Crippen LogP contribution in [0.2, 0.25) is 0 Å². The summed E-state index contributed by atoms with van der Waals surface area (Å²) in [5, 5.41) is 14.9. The van der Waals surface area contributed by atoms with E-state index in [1.54, 1.807) is 6.07 Å². The van der Waals surface area contributed by atoms with Crippen molar-refractivity contribution in [3.05, 3.63) is 23.8 Å². The van der Waals surface area contributed by atoms with Gasteiger partial charge in [-0.3, -0.25) is 4.79 Å². The second kappa shape index (κ2) is 5.73. The molecule has 1 aliphatic heterocycles. The first kappa shape index (κ1) is 12.7. The molecular weight excluding hydrogens is 232 g/mol. The van der Waals surface area contributed by atoms with Gasteiger partial charge in [-0.05, 0) is 18.1 Å². The largest absolute Gasteiger partial charge is 0.489 e. The van der Waals surface area contributed by atoms with Gasteiger partial charge >= 0.3 is 0 Å². The third-order valence-electron chi connectivity index (χ3n) is 2.85. The molecule has 1 aromatic rings. The number of hydrogen-bond donors (Lipinski definition) is 3.